The Hall–Kier alpha value is -7.49. The normalized spacial score (nSPS) is 12.4. The van der Waals surface area contributed by atoms with Crippen molar-refractivity contribution in [3.8, 4) is 56.0 Å². The first-order chi connectivity index (χ1) is 28.7. The number of hydrogen-bond acceptors (Lipinski definition) is 3. The molecule has 0 radical (unpaired) electrons. The molecule has 8 aromatic carbocycles. The molecule has 11 rings (SSSR count). The molecule has 1 aliphatic rings. The minimum atomic E-state index is 0.710. The van der Waals surface area contributed by atoms with Gasteiger partial charge in [-0.15, -0.1) is 0 Å². The van der Waals surface area contributed by atoms with Crippen molar-refractivity contribution >= 4 is 44.0 Å². The first-order valence-corrected chi connectivity index (χ1v) is 20.0. The summed E-state index contributed by atoms with van der Waals surface area (Å²) in [5.74, 6) is 0.710. The number of rotatable bonds is 6. The summed E-state index contributed by atoms with van der Waals surface area (Å²) in [5.41, 5.74) is 12.1. The Morgan fingerprint density at radius 3 is 1.76 bits per heavy atom. The Morgan fingerprint density at radius 1 is 0.397 bits per heavy atom. The summed E-state index contributed by atoms with van der Waals surface area (Å²) in [6.45, 7) is 0. The summed E-state index contributed by atoms with van der Waals surface area (Å²) in [5, 5.41) is 9.88. The van der Waals surface area contributed by atoms with E-state index in [-0.39, 0.29) is 0 Å². The average Bonchev–Trinajstić information content (AvgIpc) is 3.30. The second kappa shape index (κ2) is 14.2. The largest absolute Gasteiger partial charge is 0.264 e. The summed E-state index contributed by atoms with van der Waals surface area (Å²) in [6, 6.07) is 65.5. The maximum absolute atomic E-state index is 5.40. The molecule has 0 saturated heterocycles. The van der Waals surface area contributed by atoms with Crippen LogP contribution in [0.1, 0.15) is 18.5 Å². The molecule has 2 heterocycles. The van der Waals surface area contributed by atoms with Crippen molar-refractivity contribution in [1.82, 2.24) is 15.0 Å². The van der Waals surface area contributed by atoms with Crippen molar-refractivity contribution < 1.29 is 0 Å². The van der Waals surface area contributed by atoms with E-state index in [0.717, 1.165) is 52.0 Å². The summed E-state index contributed by atoms with van der Waals surface area (Å²) < 4.78 is 0. The first-order valence-electron chi connectivity index (χ1n) is 20.0. The monoisotopic (exact) mass is 739 g/mol. The van der Waals surface area contributed by atoms with Crippen molar-refractivity contribution in [3.63, 3.8) is 0 Å². The average molecular weight is 740 g/mol. The van der Waals surface area contributed by atoms with Gasteiger partial charge in [-0.2, -0.15) is 0 Å². The fraction of sp³-hybridized carbons (Fsp3) is 0.0364. The topological polar surface area (TPSA) is 38.7 Å². The summed E-state index contributed by atoms with van der Waals surface area (Å²) >= 11 is 0. The lowest BCUT2D eigenvalue weighted by Crippen LogP contribution is -2.29. The quantitative estimate of drug-likeness (QED) is 0.159. The lowest BCUT2D eigenvalue weighted by Gasteiger charge is -2.18. The van der Waals surface area contributed by atoms with E-state index in [1.807, 2.05) is 18.5 Å². The number of benzene rings is 8. The van der Waals surface area contributed by atoms with Crippen LogP contribution in [0.25, 0.3) is 100.0 Å². The van der Waals surface area contributed by atoms with E-state index >= 15 is 0 Å². The predicted molar refractivity (Wildman–Crippen MR) is 241 cm³/mol. The first kappa shape index (κ1) is 33.8. The van der Waals surface area contributed by atoms with E-state index in [1.54, 1.807) is 0 Å². The molecule has 2 aromatic heterocycles. The van der Waals surface area contributed by atoms with E-state index in [0.29, 0.717) is 5.82 Å². The maximum Gasteiger partial charge on any atom is 0.160 e. The van der Waals surface area contributed by atoms with Crippen LogP contribution in [0.3, 0.4) is 0 Å². The molecule has 0 bridgehead atoms. The molecule has 58 heavy (non-hydrogen) atoms. The third-order valence-electron chi connectivity index (χ3n) is 11.6. The zero-order valence-corrected chi connectivity index (χ0v) is 31.8. The number of pyridine rings is 1. The van der Waals surface area contributed by atoms with Crippen LogP contribution in [0.15, 0.2) is 194 Å². The van der Waals surface area contributed by atoms with Gasteiger partial charge in [0.05, 0.1) is 11.4 Å². The summed E-state index contributed by atoms with van der Waals surface area (Å²) in [7, 11) is 0. The van der Waals surface area contributed by atoms with Crippen LogP contribution in [0.5, 0.6) is 0 Å². The fourth-order valence-corrected chi connectivity index (χ4v) is 8.90. The summed E-state index contributed by atoms with van der Waals surface area (Å²) in [4.78, 5) is 15.1. The molecule has 10 aromatic rings. The SMILES string of the molecule is C1=c2ccccc2=C(c2cc(-c3cccc(-c4cccnc4)c3)nc(-c3cccc(-c4c5ccccc5c(-c5ccc6ccccc6c5)c5ccccc45)c3)n2)CC1. The van der Waals surface area contributed by atoms with Gasteiger partial charge in [0.1, 0.15) is 0 Å². The van der Waals surface area contributed by atoms with Crippen LogP contribution >= 0.6 is 0 Å². The van der Waals surface area contributed by atoms with E-state index in [9.17, 15) is 0 Å². The highest BCUT2D eigenvalue weighted by Crippen LogP contribution is 2.44. The van der Waals surface area contributed by atoms with E-state index in [4.69, 9.17) is 9.97 Å². The van der Waals surface area contributed by atoms with Crippen molar-refractivity contribution in [3.05, 3.63) is 211 Å². The zero-order valence-electron chi connectivity index (χ0n) is 31.8. The fourth-order valence-electron chi connectivity index (χ4n) is 8.90. The molecule has 272 valence electrons. The molecule has 0 amide bonds. The van der Waals surface area contributed by atoms with Crippen molar-refractivity contribution in [1.29, 1.82) is 0 Å². The third kappa shape index (κ3) is 5.96. The lowest BCUT2D eigenvalue weighted by atomic mass is 9.85. The van der Waals surface area contributed by atoms with Crippen LogP contribution in [0, 0.1) is 0 Å². The highest BCUT2D eigenvalue weighted by molar-refractivity contribution is 6.21. The molecular formula is C55H37N3. The van der Waals surface area contributed by atoms with E-state index in [1.165, 1.54) is 65.0 Å². The van der Waals surface area contributed by atoms with Crippen molar-refractivity contribution in [2.75, 3.05) is 0 Å². The molecule has 0 saturated carbocycles. The van der Waals surface area contributed by atoms with Gasteiger partial charge in [0.25, 0.3) is 0 Å². The minimum absolute atomic E-state index is 0.710. The second-order valence-corrected chi connectivity index (χ2v) is 15.1. The predicted octanol–water partition coefficient (Wildman–Crippen LogP) is 12.4. The van der Waals surface area contributed by atoms with Crippen LogP contribution in [0.4, 0.5) is 0 Å². The molecule has 3 nitrogen and oxygen atoms in total. The van der Waals surface area contributed by atoms with Gasteiger partial charge in [-0.25, -0.2) is 9.97 Å². The van der Waals surface area contributed by atoms with Crippen molar-refractivity contribution in [2.45, 2.75) is 12.8 Å². The third-order valence-corrected chi connectivity index (χ3v) is 11.6. The van der Waals surface area contributed by atoms with Crippen LogP contribution in [-0.4, -0.2) is 15.0 Å². The van der Waals surface area contributed by atoms with Gasteiger partial charge in [-0.3, -0.25) is 4.98 Å². The minimum Gasteiger partial charge on any atom is -0.264 e. The molecular weight excluding hydrogens is 703 g/mol. The number of fused-ring (bicyclic) bond motifs is 4. The maximum atomic E-state index is 5.40. The Balaban J connectivity index is 1.12. The molecule has 0 aliphatic heterocycles. The molecule has 3 heteroatoms. The molecule has 0 N–H and O–H groups in total. The van der Waals surface area contributed by atoms with Gasteiger partial charge < -0.3 is 0 Å². The van der Waals surface area contributed by atoms with Crippen LogP contribution in [0.2, 0.25) is 0 Å². The number of hydrogen-bond donors (Lipinski definition) is 0. The van der Waals surface area contributed by atoms with E-state index < -0.39 is 0 Å². The highest BCUT2D eigenvalue weighted by Gasteiger charge is 2.19. The second-order valence-electron chi connectivity index (χ2n) is 15.1. The number of aromatic nitrogens is 3. The lowest BCUT2D eigenvalue weighted by molar-refractivity contribution is 1.04. The Labute approximate surface area is 337 Å². The zero-order chi connectivity index (χ0) is 38.4. The number of nitrogens with zero attached hydrogens (tertiary/aromatic N) is 3. The van der Waals surface area contributed by atoms with Gasteiger partial charge in [-0.1, -0.05) is 158 Å². The van der Waals surface area contributed by atoms with E-state index in [2.05, 4.69) is 187 Å². The molecule has 0 spiro atoms. The van der Waals surface area contributed by atoms with Gasteiger partial charge in [0, 0.05) is 29.1 Å². The molecule has 1 aliphatic carbocycles. The Kier molecular flexibility index (Phi) is 8.29. The van der Waals surface area contributed by atoms with Crippen LogP contribution in [-0.2, 0) is 0 Å². The van der Waals surface area contributed by atoms with Crippen LogP contribution < -0.4 is 10.4 Å². The van der Waals surface area contributed by atoms with Gasteiger partial charge >= 0.3 is 0 Å². The van der Waals surface area contributed by atoms with Gasteiger partial charge in [0.15, 0.2) is 5.82 Å². The Bertz CT molecular complexity index is 3290. The molecule has 0 unspecified atom stereocenters. The highest BCUT2D eigenvalue weighted by atomic mass is 14.9. The van der Waals surface area contributed by atoms with Gasteiger partial charge in [0.2, 0.25) is 0 Å². The van der Waals surface area contributed by atoms with Gasteiger partial charge in [-0.05, 0) is 119 Å². The Morgan fingerprint density at radius 2 is 1.00 bits per heavy atom. The molecule has 0 fully saturated rings. The smallest absolute Gasteiger partial charge is 0.160 e. The summed E-state index contributed by atoms with van der Waals surface area (Å²) in [6.07, 6.45) is 7.95. The standard InChI is InChI=1S/C55H37N3/c1-2-15-38-32-42(29-28-36(38)13-1)54-49-25-7-5-23-47(49)53(48-24-6-8-26-50(48)54)41-19-10-20-43(33-41)55-57-51(40-18-9-17-39(31-40)44-21-12-30-56-35-44)34-52(58-55)46-27-11-16-37-14-3-4-22-45(37)46/h1-10,12-26,28-35H,11,27H2. The molecule has 0 atom stereocenters. The van der Waals surface area contributed by atoms with Crippen molar-refractivity contribution in [2.24, 2.45) is 0 Å².